The van der Waals surface area contributed by atoms with Gasteiger partial charge in [-0.05, 0) is 23.1 Å². The van der Waals surface area contributed by atoms with E-state index in [0.29, 0.717) is 5.54 Å². The molecule has 23 heavy (non-hydrogen) atoms. The number of rotatable bonds is 6. The Morgan fingerprint density at radius 3 is 1.91 bits per heavy atom. The maximum absolute atomic E-state index is 2.37. The van der Waals surface area contributed by atoms with Crippen LogP contribution in [0, 0.1) is 0 Å². The van der Waals surface area contributed by atoms with Gasteiger partial charge in [-0.3, -0.25) is 0 Å². The summed E-state index contributed by atoms with van der Waals surface area (Å²) in [4.78, 5) is 0. The highest BCUT2D eigenvalue weighted by atomic mass is 28.2. The largest absolute Gasteiger partial charge is 0.0887 e. The van der Waals surface area contributed by atoms with Crippen LogP contribution in [0.1, 0.15) is 11.1 Å². The number of allylic oxidation sites excluding steroid dienone is 1. The van der Waals surface area contributed by atoms with Crippen LogP contribution in [0.15, 0.2) is 97.1 Å². The molecule has 2 radical (unpaired) electrons. The summed E-state index contributed by atoms with van der Waals surface area (Å²) in [5, 5.41) is 1.42. The van der Waals surface area contributed by atoms with Gasteiger partial charge in [0.2, 0.25) is 0 Å². The number of benzene rings is 3. The van der Waals surface area contributed by atoms with Crippen LogP contribution < -0.4 is 5.19 Å². The second-order valence-corrected chi connectivity index (χ2v) is 7.18. The van der Waals surface area contributed by atoms with Crippen molar-refractivity contribution >= 4 is 20.8 Å². The van der Waals surface area contributed by atoms with E-state index in [1.54, 1.807) is 0 Å². The highest BCUT2D eigenvalue weighted by Crippen LogP contribution is 2.16. The number of hydrogen-bond donors (Lipinski definition) is 0. The van der Waals surface area contributed by atoms with E-state index in [0.717, 1.165) is 15.9 Å². The third-order valence-electron chi connectivity index (χ3n) is 3.74. The van der Waals surface area contributed by atoms with Crippen LogP contribution in [0.25, 0.3) is 6.08 Å². The van der Waals surface area contributed by atoms with E-state index in [9.17, 15) is 0 Å². The predicted molar refractivity (Wildman–Crippen MR) is 101 cm³/mol. The van der Waals surface area contributed by atoms with Crippen molar-refractivity contribution in [2.24, 2.45) is 0 Å². The second-order valence-electron chi connectivity index (χ2n) is 5.58. The van der Waals surface area contributed by atoms with Crippen molar-refractivity contribution in [3.8, 4) is 0 Å². The van der Waals surface area contributed by atoms with Crippen molar-refractivity contribution in [2.45, 2.75) is 12.0 Å². The molecule has 0 aromatic heterocycles. The van der Waals surface area contributed by atoms with Gasteiger partial charge >= 0.3 is 0 Å². The summed E-state index contributed by atoms with van der Waals surface area (Å²) in [6.07, 6.45) is 5.70. The average Bonchev–Trinajstić information content (AvgIpc) is 2.62. The van der Waals surface area contributed by atoms with Crippen LogP contribution in [0.4, 0.5) is 0 Å². The van der Waals surface area contributed by atoms with E-state index >= 15 is 0 Å². The van der Waals surface area contributed by atoms with E-state index < -0.39 is 0 Å². The van der Waals surface area contributed by atoms with Gasteiger partial charge in [0.05, 0.1) is 9.52 Å². The van der Waals surface area contributed by atoms with E-state index in [4.69, 9.17) is 0 Å². The second kappa shape index (κ2) is 8.30. The molecule has 0 amide bonds. The molecule has 112 valence electrons. The van der Waals surface area contributed by atoms with Gasteiger partial charge in [0.15, 0.2) is 0 Å². The van der Waals surface area contributed by atoms with Gasteiger partial charge in [0.1, 0.15) is 0 Å². The molecule has 1 unspecified atom stereocenters. The van der Waals surface area contributed by atoms with Crippen LogP contribution >= 0.6 is 0 Å². The molecule has 0 fully saturated rings. The zero-order valence-corrected chi connectivity index (χ0v) is 14.1. The van der Waals surface area contributed by atoms with Gasteiger partial charge in [-0.2, -0.15) is 0 Å². The minimum Gasteiger partial charge on any atom is -0.0832 e. The van der Waals surface area contributed by atoms with E-state index in [-0.39, 0.29) is 0 Å². The maximum atomic E-state index is 2.37. The molecule has 3 rings (SSSR count). The molecule has 3 aromatic rings. The Bertz CT molecular complexity index is 676. The molecule has 0 aliphatic rings. The van der Waals surface area contributed by atoms with Crippen LogP contribution in [0.2, 0.25) is 5.54 Å². The van der Waals surface area contributed by atoms with Crippen molar-refractivity contribution in [1.82, 2.24) is 0 Å². The lowest BCUT2D eigenvalue weighted by atomic mass is 10.1. The topological polar surface area (TPSA) is 0 Å². The molecule has 0 saturated heterocycles. The van der Waals surface area contributed by atoms with Gasteiger partial charge < -0.3 is 0 Å². The standard InChI is InChI=1S/C22H20Si/c1-4-10-19(11-5-1)16-17-22(18-20-12-6-2-7-13-20)23-21-14-8-3-9-15-21/h1-17,22H,18H2/b17-16+. The van der Waals surface area contributed by atoms with Crippen LogP contribution in [-0.4, -0.2) is 9.52 Å². The Balaban J connectivity index is 1.76. The summed E-state index contributed by atoms with van der Waals surface area (Å²) >= 11 is 0. The minimum absolute atomic E-state index is 0.528. The Labute approximate surface area is 141 Å². The first kappa shape index (κ1) is 15.5. The number of hydrogen-bond acceptors (Lipinski definition) is 0. The molecule has 0 spiro atoms. The van der Waals surface area contributed by atoms with Crippen molar-refractivity contribution < 1.29 is 0 Å². The normalized spacial score (nSPS) is 12.3. The molecule has 0 nitrogen and oxygen atoms in total. The van der Waals surface area contributed by atoms with Gasteiger partial charge in [-0.15, -0.1) is 0 Å². The van der Waals surface area contributed by atoms with Gasteiger partial charge in [-0.1, -0.05) is 108 Å². The summed E-state index contributed by atoms with van der Waals surface area (Å²) in [5.74, 6) is 0. The molecule has 0 aliphatic heterocycles. The average molecular weight is 312 g/mol. The lowest BCUT2D eigenvalue weighted by Crippen LogP contribution is -2.19. The first-order chi connectivity index (χ1) is 11.4. The summed E-state index contributed by atoms with van der Waals surface area (Å²) in [6, 6.07) is 32.1. The molecule has 0 saturated carbocycles. The first-order valence-electron chi connectivity index (χ1n) is 7.99. The van der Waals surface area contributed by atoms with Crippen LogP contribution in [-0.2, 0) is 6.42 Å². The van der Waals surface area contributed by atoms with Crippen LogP contribution in [0.3, 0.4) is 0 Å². The monoisotopic (exact) mass is 312 g/mol. The zero-order chi connectivity index (χ0) is 15.7. The van der Waals surface area contributed by atoms with Gasteiger partial charge in [-0.25, -0.2) is 0 Å². The Morgan fingerprint density at radius 1 is 0.696 bits per heavy atom. The smallest absolute Gasteiger partial charge is 0.0832 e. The molecule has 0 aliphatic carbocycles. The van der Waals surface area contributed by atoms with Crippen molar-refractivity contribution in [2.75, 3.05) is 0 Å². The van der Waals surface area contributed by atoms with Crippen molar-refractivity contribution in [1.29, 1.82) is 0 Å². The molecule has 0 N–H and O–H groups in total. The summed E-state index contributed by atoms with van der Waals surface area (Å²) in [7, 11) is 0.786. The molecule has 1 heteroatoms. The lowest BCUT2D eigenvalue weighted by molar-refractivity contribution is 0.991. The Kier molecular flexibility index (Phi) is 5.60. The molecular formula is C22H20Si. The van der Waals surface area contributed by atoms with Gasteiger partial charge in [0, 0.05) is 0 Å². The zero-order valence-electron chi connectivity index (χ0n) is 13.1. The SMILES string of the molecule is C(=C\C(Cc1ccccc1)[Si]c1ccccc1)/c1ccccc1. The fourth-order valence-corrected chi connectivity index (χ4v) is 3.92. The maximum Gasteiger partial charge on any atom is 0.0887 e. The quantitative estimate of drug-likeness (QED) is 0.576. The molecule has 3 aromatic carbocycles. The Morgan fingerprint density at radius 2 is 1.26 bits per heavy atom. The van der Waals surface area contributed by atoms with E-state index in [1.165, 1.54) is 16.3 Å². The third-order valence-corrected chi connectivity index (χ3v) is 5.18. The molecule has 1 atom stereocenters. The van der Waals surface area contributed by atoms with E-state index in [1.807, 2.05) is 0 Å². The third kappa shape index (κ3) is 5.08. The lowest BCUT2D eigenvalue weighted by Gasteiger charge is -2.12. The fraction of sp³-hybridized carbons (Fsp3) is 0.0909. The summed E-state index contributed by atoms with van der Waals surface area (Å²) in [5.41, 5.74) is 3.20. The summed E-state index contributed by atoms with van der Waals surface area (Å²) < 4.78 is 0. The predicted octanol–water partition coefficient (Wildman–Crippen LogP) is 4.76. The first-order valence-corrected chi connectivity index (χ1v) is 9.07. The van der Waals surface area contributed by atoms with Crippen molar-refractivity contribution in [3.05, 3.63) is 108 Å². The van der Waals surface area contributed by atoms with Crippen LogP contribution in [0.5, 0.6) is 0 Å². The molecule has 0 bridgehead atoms. The highest BCUT2D eigenvalue weighted by Gasteiger charge is 2.09. The molecule has 0 heterocycles. The summed E-state index contributed by atoms with van der Waals surface area (Å²) in [6.45, 7) is 0. The molecular weight excluding hydrogens is 292 g/mol. The van der Waals surface area contributed by atoms with Gasteiger partial charge in [0.25, 0.3) is 0 Å². The highest BCUT2D eigenvalue weighted by molar-refractivity contribution is 6.55. The Hall–Kier alpha value is -2.38. The fourth-order valence-electron chi connectivity index (χ4n) is 2.58. The minimum atomic E-state index is 0.528. The van der Waals surface area contributed by atoms with E-state index in [2.05, 4.69) is 103 Å². The van der Waals surface area contributed by atoms with Crippen molar-refractivity contribution in [3.63, 3.8) is 0 Å².